The van der Waals surface area contributed by atoms with Gasteiger partial charge in [0.2, 0.25) is 0 Å². The summed E-state index contributed by atoms with van der Waals surface area (Å²) >= 11 is 3.19. The van der Waals surface area contributed by atoms with Crippen LogP contribution in [0.4, 0.5) is 4.39 Å². The molecule has 0 unspecified atom stereocenters. The molecule has 1 aliphatic carbocycles. The van der Waals surface area contributed by atoms with Crippen LogP contribution < -0.4 is 5.32 Å². The molecule has 0 fully saturated rings. The predicted molar refractivity (Wildman–Crippen MR) is 87.8 cm³/mol. The van der Waals surface area contributed by atoms with E-state index in [1.54, 1.807) is 24.3 Å². The maximum Gasteiger partial charge on any atom is 0.287 e. The number of H-pyrrole nitrogens is 1. The summed E-state index contributed by atoms with van der Waals surface area (Å²) in [5, 5.41) is 3.90. The summed E-state index contributed by atoms with van der Waals surface area (Å²) in [5.41, 5.74) is 2.96. The molecule has 4 nitrogen and oxygen atoms in total. The molecule has 0 spiro atoms. The van der Waals surface area contributed by atoms with Gasteiger partial charge in [0.15, 0.2) is 10.4 Å². The van der Waals surface area contributed by atoms with Crippen molar-refractivity contribution in [3.05, 3.63) is 57.8 Å². The van der Waals surface area contributed by atoms with E-state index in [-0.39, 0.29) is 23.5 Å². The van der Waals surface area contributed by atoms with Crippen LogP contribution in [-0.2, 0) is 6.42 Å². The van der Waals surface area contributed by atoms with E-state index >= 15 is 0 Å². The number of aromatic amines is 1. The van der Waals surface area contributed by atoms with Crippen LogP contribution in [0.2, 0.25) is 0 Å². The van der Waals surface area contributed by atoms with Crippen LogP contribution in [0.15, 0.2) is 39.4 Å². The number of carbonyl (C=O) groups excluding carboxylic acids is 1. The minimum atomic E-state index is -0.251. The van der Waals surface area contributed by atoms with E-state index in [0.29, 0.717) is 4.67 Å². The zero-order chi connectivity index (χ0) is 16.0. The van der Waals surface area contributed by atoms with Crippen molar-refractivity contribution < 1.29 is 13.6 Å². The predicted octanol–water partition coefficient (Wildman–Crippen LogP) is 4.47. The number of aryl methyl sites for hydroxylation is 1. The number of hydrogen-bond acceptors (Lipinski definition) is 2. The van der Waals surface area contributed by atoms with E-state index in [9.17, 15) is 9.18 Å². The fraction of sp³-hybridized carbons (Fsp3) is 0.235. The summed E-state index contributed by atoms with van der Waals surface area (Å²) in [6.45, 7) is 0. The van der Waals surface area contributed by atoms with Gasteiger partial charge < -0.3 is 14.7 Å². The highest BCUT2D eigenvalue weighted by atomic mass is 79.9. The molecule has 1 aliphatic rings. The summed E-state index contributed by atoms with van der Waals surface area (Å²) in [7, 11) is 0. The Morgan fingerprint density at radius 2 is 2.22 bits per heavy atom. The van der Waals surface area contributed by atoms with Crippen molar-refractivity contribution in [1.29, 1.82) is 0 Å². The van der Waals surface area contributed by atoms with Gasteiger partial charge in [0, 0.05) is 16.6 Å². The largest absolute Gasteiger partial charge is 0.444 e. The number of halogens is 2. The molecule has 6 heteroatoms. The third kappa shape index (κ3) is 2.57. The van der Waals surface area contributed by atoms with Crippen molar-refractivity contribution in [1.82, 2.24) is 10.3 Å². The zero-order valence-electron chi connectivity index (χ0n) is 12.2. The van der Waals surface area contributed by atoms with Gasteiger partial charge in [-0.1, -0.05) is 0 Å². The molecule has 118 valence electrons. The fourth-order valence-corrected chi connectivity index (χ4v) is 3.55. The lowest BCUT2D eigenvalue weighted by molar-refractivity contribution is 0.0902. The Morgan fingerprint density at radius 1 is 1.35 bits per heavy atom. The second-order valence-electron chi connectivity index (χ2n) is 5.73. The second kappa shape index (κ2) is 5.53. The molecular formula is C17H14BrFN2O2. The van der Waals surface area contributed by atoms with E-state index in [0.717, 1.165) is 41.4 Å². The van der Waals surface area contributed by atoms with Gasteiger partial charge in [0.25, 0.3) is 5.91 Å². The van der Waals surface area contributed by atoms with Crippen LogP contribution >= 0.6 is 15.9 Å². The first-order chi connectivity index (χ1) is 11.1. The molecule has 0 radical (unpaired) electrons. The number of amides is 1. The molecule has 1 aromatic carbocycles. The van der Waals surface area contributed by atoms with E-state index in [1.165, 1.54) is 6.07 Å². The molecule has 3 aromatic rings. The molecule has 23 heavy (non-hydrogen) atoms. The van der Waals surface area contributed by atoms with Gasteiger partial charge in [-0.05, 0) is 71.1 Å². The molecule has 1 atom stereocenters. The number of aromatic nitrogens is 1. The van der Waals surface area contributed by atoms with Crippen LogP contribution in [0.5, 0.6) is 0 Å². The van der Waals surface area contributed by atoms with Gasteiger partial charge in [0.1, 0.15) is 5.82 Å². The first-order valence-electron chi connectivity index (χ1n) is 7.48. The van der Waals surface area contributed by atoms with Gasteiger partial charge >= 0.3 is 0 Å². The first kappa shape index (κ1) is 14.5. The standard InChI is InChI=1S/C17H14BrFN2O2/c18-15-7-6-14(23-15)17(22)21-13-3-1-2-10-11-8-9(19)4-5-12(11)20-16(10)13/h4-8,13,20H,1-3H2,(H,21,22)/t13-/m1/s1. The third-order valence-electron chi connectivity index (χ3n) is 4.27. The fourth-order valence-electron chi connectivity index (χ4n) is 3.24. The number of carbonyl (C=O) groups is 1. The summed E-state index contributed by atoms with van der Waals surface area (Å²) in [6.07, 6.45) is 2.68. The van der Waals surface area contributed by atoms with E-state index in [1.807, 2.05) is 0 Å². The van der Waals surface area contributed by atoms with E-state index in [2.05, 4.69) is 26.2 Å². The molecule has 0 aliphatic heterocycles. The molecule has 0 saturated heterocycles. The topological polar surface area (TPSA) is 58.0 Å². The number of nitrogens with one attached hydrogen (secondary N) is 2. The van der Waals surface area contributed by atoms with Gasteiger partial charge in [-0.3, -0.25) is 4.79 Å². The average Bonchev–Trinajstić information content (AvgIpc) is 3.12. The van der Waals surface area contributed by atoms with Gasteiger partial charge in [-0.25, -0.2) is 4.39 Å². The third-order valence-corrected chi connectivity index (χ3v) is 4.70. The first-order valence-corrected chi connectivity index (χ1v) is 8.27. The van der Waals surface area contributed by atoms with Gasteiger partial charge in [0.05, 0.1) is 6.04 Å². The molecule has 1 amide bonds. The number of benzene rings is 1. The Kier molecular flexibility index (Phi) is 3.49. The minimum Gasteiger partial charge on any atom is -0.444 e. The van der Waals surface area contributed by atoms with Crippen molar-refractivity contribution >= 4 is 32.7 Å². The lowest BCUT2D eigenvalue weighted by Gasteiger charge is -2.23. The molecule has 0 saturated carbocycles. The number of hydrogen-bond donors (Lipinski definition) is 2. The van der Waals surface area contributed by atoms with Crippen molar-refractivity contribution in [3.63, 3.8) is 0 Å². The summed E-state index contributed by atoms with van der Waals surface area (Å²) in [5.74, 6) is -0.226. The summed E-state index contributed by atoms with van der Waals surface area (Å²) < 4.78 is 19.3. The lowest BCUT2D eigenvalue weighted by atomic mass is 9.91. The van der Waals surface area contributed by atoms with Crippen LogP contribution in [0, 0.1) is 5.82 Å². The molecule has 2 N–H and O–H groups in total. The van der Waals surface area contributed by atoms with Crippen LogP contribution in [0.3, 0.4) is 0 Å². The van der Waals surface area contributed by atoms with Gasteiger partial charge in [-0.2, -0.15) is 0 Å². The van der Waals surface area contributed by atoms with Crippen LogP contribution in [0.25, 0.3) is 10.9 Å². The Morgan fingerprint density at radius 3 is 3.00 bits per heavy atom. The molecular weight excluding hydrogens is 363 g/mol. The van der Waals surface area contributed by atoms with E-state index in [4.69, 9.17) is 4.42 Å². The Labute approximate surface area is 140 Å². The smallest absolute Gasteiger partial charge is 0.287 e. The SMILES string of the molecule is O=C(N[C@@H]1CCCc2c1[nH]c1ccc(F)cc21)c1ccc(Br)o1. The number of rotatable bonds is 2. The number of furan rings is 1. The second-order valence-corrected chi connectivity index (χ2v) is 6.51. The highest BCUT2D eigenvalue weighted by Crippen LogP contribution is 2.35. The maximum absolute atomic E-state index is 13.5. The molecule has 0 bridgehead atoms. The van der Waals surface area contributed by atoms with Crippen molar-refractivity contribution in [3.8, 4) is 0 Å². The number of fused-ring (bicyclic) bond motifs is 3. The van der Waals surface area contributed by atoms with Crippen molar-refractivity contribution in [2.45, 2.75) is 25.3 Å². The normalized spacial score (nSPS) is 17.2. The summed E-state index contributed by atoms with van der Waals surface area (Å²) in [4.78, 5) is 15.6. The Hall–Kier alpha value is -2.08. The quantitative estimate of drug-likeness (QED) is 0.692. The van der Waals surface area contributed by atoms with Crippen molar-refractivity contribution in [2.24, 2.45) is 0 Å². The van der Waals surface area contributed by atoms with E-state index < -0.39 is 0 Å². The summed E-state index contributed by atoms with van der Waals surface area (Å²) in [6, 6.07) is 7.93. The minimum absolute atomic E-state index is 0.120. The highest BCUT2D eigenvalue weighted by molar-refractivity contribution is 9.10. The van der Waals surface area contributed by atoms with Crippen LogP contribution in [-0.4, -0.2) is 10.9 Å². The zero-order valence-corrected chi connectivity index (χ0v) is 13.7. The van der Waals surface area contributed by atoms with Crippen LogP contribution in [0.1, 0.15) is 40.7 Å². The monoisotopic (exact) mass is 376 g/mol. The van der Waals surface area contributed by atoms with Crippen molar-refractivity contribution in [2.75, 3.05) is 0 Å². The maximum atomic E-state index is 13.5. The highest BCUT2D eigenvalue weighted by Gasteiger charge is 2.26. The average molecular weight is 377 g/mol. The Bertz CT molecular complexity index is 899. The lowest BCUT2D eigenvalue weighted by Crippen LogP contribution is -2.30. The molecule has 2 aromatic heterocycles. The molecule has 4 rings (SSSR count). The Balaban J connectivity index is 1.67. The van der Waals surface area contributed by atoms with Gasteiger partial charge in [-0.15, -0.1) is 0 Å². The molecule has 2 heterocycles.